The molecule has 309 valence electrons. The average molecular weight is 960 g/mol. The first-order chi connectivity index (χ1) is 25.1. The molecule has 0 radical (unpaired) electrons. The van der Waals surface area contributed by atoms with Gasteiger partial charge in [0.25, 0.3) is 0 Å². The SMILES string of the molecule is CCCCCCCCCCCCCCCCCC[N+](C)(C)CCCCCCCCCCCCCCCCCC.N#[C][Fe-3]([C]#N)([C]#N)([C]#N)([C]#N)[C]#N.[Br-].[K+].[K+].[K+]. The van der Waals surface area contributed by atoms with E-state index in [1.807, 2.05) is 0 Å². The van der Waals surface area contributed by atoms with Gasteiger partial charge < -0.3 is 21.5 Å². The number of nitriles is 6. The summed E-state index contributed by atoms with van der Waals surface area (Å²) in [6.07, 6.45) is 46.9. The molecule has 0 aromatic rings. The minimum absolute atomic E-state index is 0. The summed E-state index contributed by atoms with van der Waals surface area (Å²) in [5.41, 5.74) is 0. The van der Waals surface area contributed by atoms with Crippen LogP contribution in [0.1, 0.15) is 219 Å². The Morgan fingerprint density at radius 3 is 0.571 bits per heavy atom. The predicted octanol–water partition coefficient (Wildman–Crippen LogP) is 1.70. The predicted molar refractivity (Wildman–Crippen MR) is 215 cm³/mol. The maximum absolute atomic E-state index is 8.58. The van der Waals surface area contributed by atoms with Crippen molar-refractivity contribution < 1.29 is 186 Å². The maximum Gasteiger partial charge on any atom is 1.00 e. The summed E-state index contributed by atoms with van der Waals surface area (Å²) in [7, 11) is -1.23. The second kappa shape index (κ2) is 45.8. The van der Waals surface area contributed by atoms with Gasteiger partial charge in [0.2, 0.25) is 0 Å². The number of hydrogen-bond acceptors (Lipinski definition) is 6. The largest absolute Gasteiger partial charge is 1.00 e. The molecule has 12 heteroatoms. The van der Waals surface area contributed by atoms with Crippen LogP contribution in [0, 0.1) is 61.4 Å². The molecule has 0 fully saturated rings. The smallest absolute Gasteiger partial charge is 1.00 e. The van der Waals surface area contributed by atoms with E-state index in [4.69, 9.17) is 31.6 Å². The first-order valence-electron chi connectivity index (χ1n) is 21.3. The van der Waals surface area contributed by atoms with Crippen LogP contribution >= 0.6 is 0 Å². The van der Waals surface area contributed by atoms with Crippen LogP contribution in [0.15, 0.2) is 0 Å². The van der Waals surface area contributed by atoms with E-state index in [0.29, 0.717) is 0 Å². The molecule has 0 amide bonds. The van der Waals surface area contributed by atoms with Gasteiger partial charge in [-0.2, -0.15) is 0 Å². The maximum atomic E-state index is 8.58. The third-order valence-electron chi connectivity index (χ3n) is 10.4. The number of unbranched alkanes of at least 4 members (excludes halogenated alkanes) is 30. The second-order valence-corrected chi connectivity index (χ2v) is 21.4. The Balaban J connectivity index is -0.000000314. The number of rotatable bonds is 34. The number of hydrogen-bond donors (Lipinski definition) is 0. The third-order valence-corrected chi connectivity index (χ3v) is 14.1. The molecule has 0 aromatic carbocycles. The van der Waals surface area contributed by atoms with Crippen LogP contribution in [0.25, 0.3) is 0 Å². The molecule has 0 aliphatic rings. The molecule has 0 rings (SSSR count). The van der Waals surface area contributed by atoms with E-state index in [1.165, 1.54) is 223 Å². The van der Waals surface area contributed by atoms with Gasteiger partial charge in [-0.05, 0) is 25.7 Å². The fraction of sp³-hybridized carbons (Fsp3) is 0.864. The van der Waals surface area contributed by atoms with Crippen LogP contribution in [0.5, 0.6) is 0 Å². The molecule has 0 bridgehead atoms. The topological polar surface area (TPSA) is 143 Å². The first-order valence-corrected chi connectivity index (χ1v) is 24.7. The van der Waals surface area contributed by atoms with E-state index in [2.05, 4.69) is 27.9 Å². The molecule has 0 unspecified atom stereocenters. The van der Waals surface area contributed by atoms with Gasteiger partial charge in [0.05, 0.1) is 27.2 Å². The zero-order valence-electron chi connectivity index (χ0n) is 37.9. The van der Waals surface area contributed by atoms with Crippen molar-refractivity contribution in [2.24, 2.45) is 0 Å². The Morgan fingerprint density at radius 2 is 0.446 bits per heavy atom. The molecule has 0 saturated carbocycles. The Morgan fingerprint density at radius 1 is 0.304 bits per heavy atom. The molecule has 56 heavy (non-hydrogen) atoms. The zero-order chi connectivity index (χ0) is 39.2. The molecule has 0 N–H and O–H groups in total. The molecule has 0 heterocycles. The van der Waals surface area contributed by atoms with Gasteiger partial charge in [0.1, 0.15) is 0 Å². The molecule has 7 nitrogen and oxygen atoms in total. The summed E-state index contributed by atoms with van der Waals surface area (Å²) < 4.78 is 1.25. The van der Waals surface area contributed by atoms with Gasteiger partial charge in [-0.3, -0.25) is 0 Å². The minimum Gasteiger partial charge on any atom is -1.00 e. The third kappa shape index (κ3) is 35.3. The van der Waals surface area contributed by atoms with E-state index in [1.54, 1.807) is 0 Å². The molecule has 0 spiro atoms. The van der Waals surface area contributed by atoms with Crippen LogP contribution in [0.2, 0.25) is 0 Å². The Labute approximate surface area is 485 Å². The molecule has 0 aliphatic carbocycles. The Hall–Kier alpha value is 2.81. The molecular formula is C44H80BrFeK3N7. The monoisotopic (exact) mass is 958 g/mol. The van der Waals surface area contributed by atoms with Gasteiger partial charge in [0.15, 0.2) is 0 Å². The quantitative estimate of drug-likeness (QED) is 0.0547. The second-order valence-electron chi connectivity index (χ2n) is 15.8. The summed E-state index contributed by atoms with van der Waals surface area (Å²) in [4.78, 5) is 6.19. The van der Waals surface area contributed by atoms with Crippen molar-refractivity contribution in [3.8, 4) is 29.8 Å². The van der Waals surface area contributed by atoms with E-state index in [9.17, 15) is 0 Å². The summed E-state index contributed by atoms with van der Waals surface area (Å²) in [5, 5.41) is 51.5. The Kier molecular flexibility index (Phi) is 57.7. The van der Waals surface area contributed by atoms with E-state index in [0.717, 1.165) is 29.8 Å². The van der Waals surface area contributed by atoms with Crippen LogP contribution in [-0.2, 0) is 10.7 Å². The van der Waals surface area contributed by atoms with Gasteiger partial charge in [-0.25, -0.2) is 0 Å². The average Bonchev–Trinajstić information content (AvgIpc) is 3.17. The van der Waals surface area contributed by atoms with E-state index in [-0.39, 0.29) is 171 Å². The van der Waals surface area contributed by atoms with Crippen LogP contribution in [-0.4, -0.2) is 31.7 Å². The number of halogens is 1. The summed E-state index contributed by atoms with van der Waals surface area (Å²) >= 11 is 0. The van der Waals surface area contributed by atoms with Crippen molar-refractivity contribution in [3.05, 3.63) is 0 Å². The van der Waals surface area contributed by atoms with Crippen LogP contribution in [0.4, 0.5) is 0 Å². The van der Waals surface area contributed by atoms with Crippen LogP contribution < -0.4 is 171 Å². The number of quaternary nitrogens is 1. The van der Waals surface area contributed by atoms with Gasteiger partial charge in [0, 0.05) is 0 Å². The van der Waals surface area contributed by atoms with Crippen molar-refractivity contribution in [3.63, 3.8) is 0 Å². The van der Waals surface area contributed by atoms with Gasteiger partial charge in [-0.15, -0.1) is 0 Å². The van der Waals surface area contributed by atoms with Crippen molar-refractivity contribution in [2.45, 2.75) is 219 Å². The fourth-order valence-electron chi connectivity index (χ4n) is 6.55. The summed E-state index contributed by atoms with van der Waals surface area (Å²) in [6.45, 7) is 7.39. The van der Waals surface area contributed by atoms with Gasteiger partial charge >= 0.3 is 226 Å². The molecule has 0 aromatic heterocycles. The van der Waals surface area contributed by atoms with Crippen molar-refractivity contribution in [1.29, 1.82) is 31.6 Å². The minimum atomic E-state index is -6.17. The van der Waals surface area contributed by atoms with E-state index < -0.39 is 10.7 Å². The molecular weight excluding hydrogens is 880 g/mol. The van der Waals surface area contributed by atoms with E-state index >= 15 is 0 Å². The summed E-state index contributed by atoms with van der Waals surface area (Å²) in [6, 6.07) is 0. The van der Waals surface area contributed by atoms with Crippen molar-refractivity contribution >= 4 is 0 Å². The molecule has 0 atom stereocenters. The van der Waals surface area contributed by atoms with Crippen molar-refractivity contribution in [2.75, 3.05) is 27.2 Å². The number of nitrogens with zero attached hydrogens (tertiary/aromatic N) is 7. The van der Waals surface area contributed by atoms with Gasteiger partial charge in [-0.1, -0.05) is 194 Å². The molecule has 0 aliphatic heterocycles. The zero-order valence-corrected chi connectivity index (χ0v) is 50.0. The van der Waals surface area contributed by atoms with Crippen molar-refractivity contribution in [1.82, 2.24) is 0 Å². The molecule has 0 saturated heterocycles. The first kappa shape index (κ1) is 70.5. The fourth-order valence-corrected chi connectivity index (χ4v) is 7.38. The van der Waals surface area contributed by atoms with Crippen LogP contribution in [0.3, 0.4) is 0 Å². The standard InChI is InChI=1S/C38H80N.6CN.BrH.Fe.3K/c1-5-7-9-11-13-15-17-19-21-23-25-27-29-31-33-35-37-39(3,4)38-36-34-32-30-28-26-24-22-20-18-16-14-12-10-8-6-2;6*1-2;;;;;/h5-38H2,1-4H3;;;;;;;1H;;;;/q+1;;;;;;;;-3;3*+1/p-1. The summed E-state index contributed by atoms with van der Waals surface area (Å²) in [5.74, 6) is 0. The Bertz CT molecular complexity index is 994. The normalized spacial score (nSPS) is 11.5.